The number of likely N-dealkylation sites (N-methyl/N-ethyl adjacent to an activating group) is 1. The van der Waals surface area contributed by atoms with E-state index in [1.54, 1.807) is 42.9 Å². The Labute approximate surface area is 129 Å². The smallest absolute Gasteiger partial charge is 0.142 e. The lowest BCUT2D eigenvalue weighted by atomic mass is 10.2. The summed E-state index contributed by atoms with van der Waals surface area (Å²) in [7, 11) is 5.86. The van der Waals surface area contributed by atoms with Crippen molar-refractivity contribution in [2.45, 2.75) is 6.04 Å². The summed E-state index contributed by atoms with van der Waals surface area (Å²) < 4.78 is 5.16. The molecule has 0 bridgehead atoms. The summed E-state index contributed by atoms with van der Waals surface area (Å²) in [5.74, 6) is 0.923. The maximum absolute atomic E-state index is 9.84. The molecular weight excluding hydrogens is 284 g/mol. The van der Waals surface area contributed by atoms with E-state index in [1.165, 1.54) is 9.78 Å². The molecule has 0 saturated carbocycles. The third kappa shape index (κ3) is 4.06. The first kappa shape index (κ1) is 15.5. The number of phenols is 1. The maximum Gasteiger partial charge on any atom is 0.142 e. The van der Waals surface area contributed by atoms with Crippen LogP contribution in [0, 0.1) is 0 Å². The van der Waals surface area contributed by atoms with E-state index in [9.17, 15) is 5.11 Å². The number of hydrogen-bond acceptors (Lipinski definition) is 4. The zero-order chi connectivity index (χ0) is 15.2. The van der Waals surface area contributed by atoms with Gasteiger partial charge in [-0.15, -0.1) is 11.3 Å². The van der Waals surface area contributed by atoms with Crippen LogP contribution in [0.1, 0.15) is 16.5 Å². The molecule has 0 fully saturated rings. The van der Waals surface area contributed by atoms with Crippen LogP contribution >= 0.6 is 11.3 Å². The maximum atomic E-state index is 9.84. The van der Waals surface area contributed by atoms with Gasteiger partial charge in [0.25, 0.3) is 0 Å². The number of nitrogens with zero attached hydrogens (tertiary/aromatic N) is 1. The zero-order valence-corrected chi connectivity index (χ0v) is 13.4. The van der Waals surface area contributed by atoms with Gasteiger partial charge >= 0.3 is 0 Å². The van der Waals surface area contributed by atoms with Gasteiger partial charge in [0.05, 0.1) is 32.6 Å². The van der Waals surface area contributed by atoms with Crippen LogP contribution in [0.3, 0.4) is 0 Å². The minimum atomic E-state index is 0.212. The molecule has 0 aliphatic rings. The number of methoxy groups -OCH3 is 1. The van der Waals surface area contributed by atoms with Gasteiger partial charge < -0.3 is 14.7 Å². The number of phenolic OH excluding ortho intramolecular Hbond substituents is 1. The molecule has 0 radical (unpaired) electrons. The number of aliphatic imine (C=N–C) groups is 1. The Morgan fingerprint density at radius 2 is 2.19 bits per heavy atom. The molecule has 2 aromatic rings. The summed E-state index contributed by atoms with van der Waals surface area (Å²) in [6, 6.07) is 9.66. The zero-order valence-electron chi connectivity index (χ0n) is 12.5. The molecule has 1 atom stereocenters. The molecule has 2 N–H and O–H groups in total. The molecule has 21 heavy (non-hydrogen) atoms. The highest BCUT2D eigenvalue weighted by molar-refractivity contribution is 7.10. The number of quaternary nitrogens is 1. The molecule has 4 nitrogen and oxygen atoms in total. The molecule has 0 aliphatic carbocycles. The predicted molar refractivity (Wildman–Crippen MR) is 87.0 cm³/mol. The second kappa shape index (κ2) is 7.24. The summed E-state index contributed by atoms with van der Waals surface area (Å²) in [4.78, 5) is 7.16. The number of nitrogens with one attached hydrogen (secondary N) is 1. The highest BCUT2D eigenvalue weighted by Gasteiger charge is 2.17. The van der Waals surface area contributed by atoms with Gasteiger partial charge in [-0.2, -0.15) is 0 Å². The molecular formula is C16H21N2O2S+. The monoisotopic (exact) mass is 305 g/mol. The number of benzene rings is 1. The highest BCUT2D eigenvalue weighted by Crippen LogP contribution is 2.21. The molecule has 2 rings (SSSR count). The van der Waals surface area contributed by atoms with Crippen molar-refractivity contribution < 1.29 is 14.7 Å². The van der Waals surface area contributed by atoms with Gasteiger partial charge in [-0.3, -0.25) is 4.99 Å². The second-order valence-corrected chi connectivity index (χ2v) is 6.04. The number of ether oxygens (including phenoxy) is 1. The molecule has 1 heterocycles. The van der Waals surface area contributed by atoms with Crippen LogP contribution in [0.25, 0.3) is 0 Å². The Morgan fingerprint density at radius 1 is 1.38 bits per heavy atom. The van der Waals surface area contributed by atoms with Crippen LogP contribution in [0.2, 0.25) is 0 Å². The van der Waals surface area contributed by atoms with E-state index in [0.717, 1.165) is 0 Å². The minimum absolute atomic E-state index is 0.212. The van der Waals surface area contributed by atoms with Gasteiger partial charge in [-0.25, -0.2) is 0 Å². The first-order valence-electron chi connectivity index (χ1n) is 6.82. The van der Waals surface area contributed by atoms with E-state index in [0.29, 0.717) is 23.9 Å². The Balaban J connectivity index is 2.10. The van der Waals surface area contributed by atoms with Crippen molar-refractivity contribution in [3.8, 4) is 11.5 Å². The summed E-state index contributed by atoms with van der Waals surface area (Å²) in [5, 5.41) is 11.9. The fraction of sp³-hybridized carbons (Fsp3) is 0.312. The van der Waals surface area contributed by atoms with E-state index in [-0.39, 0.29) is 5.75 Å². The van der Waals surface area contributed by atoms with Crippen LogP contribution in [0.5, 0.6) is 11.5 Å². The average molecular weight is 305 g/mol. The second-order valence-electron chi connectivity index (χ2n) is 5.06. The molecule has 0 saturated heterocycles. The van der Waals surface area contributed by atoms with E-state index >= 15 is 0 Å². The van der Waals surface area contributed by atoms with E-state index in [1.807, 2.05) is 0 Å². The summed E-state index contributed by atoms with van der Waals surface area (Å²) >= 11 is 1.75. The van der Waals surface area contributed by atoms with Gasteiger partial charge in [0.1, 0.15) is 17.5 Å². The summed E-state index contributed by atoms with van der Waals surface area (Å²) in [6.45, 7) is 0.680. The molecule has 112 valence electrons. The van der Waals surface area contributed by atoms with Crippen molar-refractivity contribution >= 4 is 17.6 Å². The molecule has 0 unspecified atom stereocenters. The van der Waals surface area contributed by atoms with Gasteiger partial charge in [0.15, 0.2) is 0 Å². The van der Waals surface area contributed by atoms with Gasteiger partial charge in [0.2, 0.25) is 0 Å². The molecule has 0 amide bonds. The first-order chi connectivity index (χ1) is 10.1. The fourth-order valence-corrected chi connectivity index (χ4v) is 3.01. The number of aromatic hydroxyl groups is 1. The number of hydrogen-bond donors (Lipinski definition) is 2. The van der Waals surface area contributed by atoms with Crippen LogP contribution in [-0.2, 0) is 0 Å². The SMILES string of the molecule is COc1ccc(O)c(C=NC[C@H](c2cccs2)[NH+](C)C)c1. The Bertz CT molecular complexity index is 594. The van der Waals surface area contributed by atoms with Gasteiger partial charge in [-0.05, 0) is 29.6 Å². The molecule has 0 aliphatic heterocycles. The lowest BCUT2D eigenvalue weighted by Crippen LogP contribution is -3.06. The third-order valence-corrected chi connectivity index (χ3v) is 4.32. The molecule has 5 heteroatoms. The Hall–Kier alpha value is -1.85. The van der Waals surface area contributed by atoms with Crippen LogP contribution in [0.4, 0.5) is 0 Å². The number of thiophene rings is 1. The standard InChI is InChI=1S/C16H20N2O2S/c1-18(2)14(16-5-4-8-21-16)11-17-10-12-9-13(20-3)6-7-15(12)19/h4-10,14,19H,11H2,1-3H3/p+1/t14-/m1/s1. The van der Waals surface area contributed by atoms with E-state index < -0.39 is 0 Å². The summed E-state index contributed by atoms with van der Waals surface area (Å²) in [5.41, 5.74) is 0.674. The lowest BCUT2D eigenvalue weighted by Gasteiger charge is -2.18. The van der Waals surface area contributed by atoms with Crippen molar-refractivity contribution in [1.29, 1.82) is 0 Å². The normalized spacial score (nSPS) is 13.0. The van der Waals surface area contributed by atoms with Crippen LogP contribution < -0.4 is 9.64 Å². The van der Waals surface area contributed by atoms with Crippen LogP contribution in [-0.4, -0.2) is 39.1 Å². The number of rotatable bonds is 6. The Morgan fingerprint density at radius 3 is 2.81 bits per heavy atom. The predicted octanol–water partition coefficient (Wildman–Crippen LogP) is 1.77. The molecule has 0 spiro atoms. The van der Waals surface area contributed by atoms with Crippen molar-refractivity contribution in [1.82, 2.24) is 0 Å². The fourth-order valence-electron chi connectivity index (χ4n) is 2.07. The topological polar surface area (TPSA) is 46.3 Å². The molecule has 1 aromatic heterocycles. The first-order valence-corrected chi connectivity index (χ1v) is 7.70. The van der Waals surface area contributed by atoms with Crippen LogP contribution in [0.15, 0.2) is 40.7 Å². The van der Waals surface area contributed by atoms with Crippen molar-refractivity contribution in [2.75, 3.05) is 27.7 Å². The third-order valence-electron chi connectivity index (χ3n) is 3.34. The molecule has 1 aromatic carbocycles. The summed E-state index contributed by atoms with van der Waals surface area (Å²) in [6.07, 6.45) is 1.71. The minimum Gasteiger partial charge on any atom is -0.507 e. The van der Waals surface area contributed by atoms with E-state index in [4.69, 9.17) is 4.74 Å². The van der Waals surface area contributed by atoms with Gasteiger partial charge in [-0.1, -0.05) is 6.07 Å². The average Bonchev–Trinajstić information content (AvgIpc) is 2.98. The van der Waals surface area contributed by atoms with Crippen molar-refractivity contribution in [3.05, 3.63) is 46.2 Å². The highest BCUT2D eigenvalue weighted by atomic mass is 32.1. The lowest BCUT2D eigenvalue weighted by molar-refractivity contribution is -0.890. The van der Waals surface area contributed by atoms with Crippen molar-refractivity contribution in [3.63, 3.8) is 0 Å². The largest absolute Gasteiger partial charge is 0.507 e. The van der Waals surface area contributed by atoms with Crippen molar-refractivity contribution in [2.24, 2.45) is 4.99 Å². The van der Waals surface area contributed by atoms with Gasteiger partial charge in [0, 0.05) is 11.8 Å². The van der Waals surface area contributed by atoms with E-state index in [2.05, 4.69) is 36.6 Å². The quantitative estimate of drug-likeness (QED) is 0.799. The Kier molecular flexibility index (Phi) is 5.36.